The fourth-order valence-corrected chi connectivity index (χ4v) is 8.45. The number of alkyl halides is 1. The molecule has 2 saturated heterocycles. The van der Waals surface area contributed by atoms with Crippen molar-refractivity contribution in [2.24, 2.45) is 0 Å². The summed E-state index contributed by atoms with van der Waals surface area (Å²) in [5.41, 5.74) is 3.22. The average Bonchev–Trinajstić information content (AvgIpc) is 3.71. The van der Waals surface area contributed by atoms with Crippen LogP contribution in [0, 0.1) is 0 Å². The second-order valence-electron chi connectivity index (χ2n) is 9.63. The molecule has 2 fully saturated rings. The molecule has 0 aromatic carbocycles. The number of aromatic nitrogens is 8. The predicted molar refractivity (Wildman–Crippen MR) is 152 cm³/mol. The summed E-state index contributed by atoms with van der Waals surface area (Å²) in [5.74, 6) is -0.240. The lowest BCUT2D eigenvalue weighted by Gasteiger charge is -2.29. The molecule has 4 aromatic rings. The van der Waals surface area contributed by atoms with E-state index in [2.05, 4.69) is 42.3 Å². The third kappa shape index (κ3) is 5.54. The highest BCUT2D eigenvalue weighted by Gasteiger charge is 2.54. The van der Waals surface area contributed by atoms with Crippen LogP contribution >= 0.6 is 26.0 Å². The highest BCUT2D eigenvalue weighted by atomic mass is 32.7. The molecule has 0 saturated carbocycles. The molecule has 4 aromatic heterocycles. The first kappa shape index (κ1) is 30.3. The Bertz CT molecular complexity index is 1870. The molecule has 9 atom stereocenters. The lowest BCUT2D eigenvalue weighted by atomic mass is 10.1. The molecule has 43 heavy (non-hydrogen) atoms. The molecule has 2 unspecified atom stereocenters. The molecule has 2 aliphatic rings. The summed E-state index contributed by atoms with van der Waals surface area (Å²) in [6.07, 6.45) is -3.57. The van der Waals surface area contributed by atoms with E-state index in [9.17, 15) is 24.2 Å². The Morgan fingerprint density at radius 3 is 2.81 bits per heavy atom. The number of nitrogens with two attached hydrogens (primary N) is 1. The van der Waals surface area contributed by atoms with E-state index in [-0.39, 0.29) is 29.2 Å². The predicted octanol–water partition coefficient (Wildman–Crippen LogP) is -0.150. The molecule has 6 rings (SSSR count). The van der Waals surface area contributed by atoms with Crippen LogP contribution in [-0.4, -0.2) is 92.5 Å². The summed E-state index contributed by atoms with van der Waals surface area (Å²) in [4.78, 5) is 52.6. The number of hydrogen-bond acceptors (Lipinski definition) is 14. The van der Waals surface area contributed by atoms with Gasteiger partial charge in [0.15, 0.2) is 23.9 Å². The Hall–Kier alpha value is -2.71. The fourth-order valence-electron chi connectivity index (χ4n) is 5.17. The van der Waals surface area contributed by atoms with Crippen LogP contribution < -0.4 is 16.9 Å². The van der Waals surface area contributed by atoms with Crippen molar-refractivity contribution in [1.29, 1.82) is 0 Å². The third-order valence-corrected chi connectivity index (χ3v) is 10.7. The SMILES string of the molecule is Nc1nc2c(ncn2[C@@H]2O[C@H](CO)[C@@H](F)[C@H]2P(O)(=S)OC[C@H]2O[C@@H](c3cnc4c(=O)[nH]cnn34)C[C@@H]2O[P+](=O)S)c(=O)[nH]1. The smallest absolute Gasteiger partial charge is 0.394 e. The highest BCUT2D eigenvalue weighted by molar-refractivity contribution is 8.39. The summed E-state index contributed by atoms with van der Waals surface area (Å²) >= 11 is 9.24. The Kier molecular flexibility index (Phi) is 8.22. The van der Waals surface area contributed by atoms with E-state index in [1.165, 1.54) is 21.6 Å². The summed E-state index contributed by atoms with van der Waals surface area (Å²) < 4.78 is 52.9. The van der Waals surface area contributed by atoms with E-state index in [0.29, 0.717) is 5.69 Å². The maximum absolute atomic E-state index is 15.7. The van der Waals surface area contributed by atoms with Crippen LogP contribution in [0.5, 0.6) is 0 Å². The molecule has 0 radical (unpaired) electrons. The number of aromatic amines is 2. The van der Waals surface area contributed by atoms with Crippen LogP contribution in [0.1, 0.15) is 24.4 Å². The van der Waals surface area contributed by atoms with Gasteiger partial charge >= 0.3 is 7.23 Å². The van der Waals surface area contributed by atoms with Crippen LogP contribution in [-0.2, 0) is 34.9 Å². The topological polar surface area (TPSA) is 247 Å². The van der Waals surface area contributed by atoms with Gasteiger partial charge in [-0.1, -0.05) is 0 Å². The molecule has 0 amide bonds. The molecule has 0 aliphatic carbocycles. The summed E-state index contributed by atoms with van der Waals surface area (Å²) in [6.45, 7) is -5.35. The van der Waals surface area contributed by atoms with E-state index in [4.69, 9.17) is 36.1 Å². The molecular formula is C20H23FN9O9P2S2+. The van der Waals surface area contributed by atoms with Crippen LogP contribution in [0.25, 0.3) is 16.8 Å². The number of aliphatic hydroxyl groups is 1. The van der Waals surface area contributed by atoms with Gasteiger partial charge in [-0.05, 0) is 16.4 Å². The lowest BCUT2D eigenvalue weighted by Crippen LogP contribution is -2.32. The first-order chi connectivity index (χ1) is 20.5. The molecule has 2 aliphatic heterocycles. The van der Waals surface area contributed by atoms with Crippen molar-refractivity contribution in [3.8, 4) is 0 Å². The number of nitrogen functional groups attached to an aromatic ring is 1. The number of hydrogen-bond donors (Lipinski definition) is 6. The number of thiol groups is 1. The largest absolute Gasteiger partial charge is 0.582 e. The van der Waals surface area contributed by atoms with Crippen LogP contribution in [0.15, 0.2) is 28.4 Å². The first-order valence-electron chi connectivity index (χ1n) is 12.5. The van der Waals surface area contributed by atoms with E-state index < -0.39 is 80.5 Å². The fraction of sp³-hybridized carbons (Fsp3) is 0.500. The van der Waals surface area contributed by atoms with Gasteiger partial charge in [-0.3, -0.25) is 19.1 Å². The van der Waals surface area contributed by atoms with Gasteiger partial charge < -0.3 is 34.7 Å². The minimum absolute atomic E-state index is 0.0226. The highest BCUT2D eigenvalue weighted by Crippen LogP contribution is 2.58. The minimum Gasteiger partial charge on any atom is -0.394 e. The zero-order valence-electron chi connectivity index (χ0n) is 21.5. The van der Waals surface area contributed by atoms with E-state index >= 15 is 4.39 Å². The van der Waals surface area contributed by atoms with Crippen LogP contribution in [0.2, 0.25) is 0 Å². The monoisotopic (exact) mass is 678 g/mol. The number of nitrogens with zero attached hydrogens (tertiary/aromatic N) is 6. The maximum atomic E-state index is 15.7. The molecule has 18 nitrogen and oxygen atoms in total. The normalized spacial score (nSPS) is 29.4. The number of anilines is 1. The standard InChI is InChI=1S/C20H22FN9O9P2S2/c21-12-10(3-31)38-19(29-6-25-13-15(29)27-20(22)28-17(13)32)14(12)41(35,43)36-4-11-9(39-40(34)42)1-8(37-11)7-2-23-16-18(33)24-5-26-30(7)16/h2,5-6,8-12,14,19,31H,1,3-4H2,(H5-,22,24,26,27,28,32,33,34,35,42,43)/p+1/t8-,9+,10-,11-,12-,14-,19-,41?/m1/s1. The van der Waals surface area contributed by atoms with Crippen molar-refractivity contribution >= 4 is 60.5 Å². The Morgan fingerprint density at radius 1 is 1.28 bits per heavy atom. The van der Waals surface area contributed by atoms with Gasteiger partial charge in [0, 0.05) is 6.42 Å². The molecule has 6 heterocycles. The quantitative estimate of drug-likeness (QED) is 0.0995. The van der Waals surface area contributed by atoms with E-state index in [1.54, 1.807) is 0 Å². The number of nitrogens with one attached hydrogen (secondary N) is 2. The van der Waals surface area contributed by atoms with Gasteiger partial charge in [0.05, 0.1) is 31.4 Å². The molecular weight excluding hydrogens is 655 g/mol. The lowest BCUT2D eigenvalue weighted by molar-refractivity contribution is -0.0328. The zero-order chi connectivity index (χ0) is 30.6. The van der Waals surface area contributed by atoms with Crippen molar-refractivity contribution in [2.45, 2.75) is 48.9 Å². The number of rotatable bonds is 9. The number of fused-ring (bicyclic) bond motifs is 2. The van der Waals surface area contributed by atoms with Gasteiger partial charge in [0.2, 0.25) is 11.6 Å². The van der Waals surface area contributed by atoms with E-state index in [1.807, 2.05) is 0 Å². The van der Waals surface area contributed by atoms with Gasteiger partial charge in [-0.15, -0.1) is 4.52 Å². The van der Waals surface area contributed by atoms with Crippen LogP contribution in [0.4, 0.5) is 10.3 Å². The number of H-pyrrole nitrogens is 2. The van der Waals surface area contributed by atoms with Gasteiger partial charge in [-0.25, -0.2) is 18.9 Å². The minimum atomic E-state index is -4.16. The first-order valence-corrected chi connectivity index (χ1v) is 17.5. The van der Waals surface area contributed by atoms with Gasteiger partial charge in [-0.2, -0.15) is 10.1 Å². The van der Waals surface area contributed by atoms with Gasteiger partial charge in [0.25, 0.3) is 11.1 Å². The average molecular weight is 679 g/mol. The summed E-state index contributed by atoms with van der Waals surface area (Å²) in [5, 5.41) is 13.8. The number of aliphatic hydroxyl groups excluding tert-OH is 1. The molecule has 230 valence electrons. The maximum Gasteiger partial charge on any atom is 0.582 e. The molecule has 0 bridgehead atoms. The zero-order valence-corrected chi connectivity index (χ0v) is 25.0. The van der Waals surface area contributed by atoms with Crippen molar-refractivity contribution in [1.82, 2.24) is 39.1 Å². The van der Waals surface area contributed by atoms with Crippen molar-refractivity contribution in [2.75, 3.05) is 18.9 Å². The van der Waals surface area contributed by atoms with Gasteiger partial charge in [0.1, 0.15) is 54.8 Å². The van der Waals surface area contributed by atoms with Crippen molar-refractivity contribution < 1.29 is 37.5 Å². The summed E-state index contributed by atoms with van der Waals surface area (Å²) in [7, 11) is -2.40. The van der Waals surface area contributed by atoms with E-state index in [0.717, 1.165) is 6.33 Å². The van der Waals surface area contributed by atoms with Crippen LogP contribution in [0.3, 0.4) is 0 Å². The third-order valence-electron chi connectivity index (χ3n) is 7.08. The Labute approximate surface area is 249 Å². The van der Waals surface area contributed by atoms with Crippen molar-refractivity contribution in [3.05, 3.63) is 45.3 Å². The molecule has 0 spiro atoms. The number of halogens is 1. The summed E-state index contributed by atoms with van der Waals surface area (Å²) in [6, 6.07) is 0. The second kappa shape index (κ2) is 11.7. The Morgan fingerprint density at radius 2 is 2.07 bits per heavy atom. The Balaban J connectivity index is 1.27. The molecule has 23 heteroatoms. The van der Waals surface area contributed by atoms with Crippen molar-refractivity contribution in [3.63, 3.8) is 0 Å². The number of imidazole rings is 2. The second-order valence-corrected chi connectivity index (χ2v) is 14.9. The molecule has 6 N–H and O–H groups in total. The number of ether oxygens (including phenoxy) is 2.